The Balaban J connectivity index is 1.93. The van der Waals surface area contributed by atoms with Crippen LogP contribution in [0.5, 0.6) is 11.5 Å². The minimum atomic E-state index is -0.581. The Kier molecular flexibility index (Phi) is 4.60. The number of methoxy groups -OCH3 is 1. The highest BCUT2D eigenvalue weighted by atomic mass is 16.5. The van der Waals surface area contributed by atoms with Crippen molar-refractivity contribution in [2.75, 3.05) is 24.3 Å². The van der Waals surface area contributed by atoms with E-state index in [0.717, 1.165) is 23.4 Å². The third-order valence-corrected chi connectivity index (χ3v) is 4.13. The normalized spacial score (nSPS) is 16.5. The number of fused-ring (bicyclic) bond motifs is 1. The lowest BCUT2D eigenvalue weighted by atomic mass is 10.0. The number of benzene rings is 2. The zero-order valence-electron chi connectivity index (χ0n) is 14.0. The largest absolute Gasteiger partial charge is 0.496 e. The van der Waals surface area contributed by atoms with Crippen LogP contribution in [0.1, 0.15) is 18.9 Å². The third-order valence-electron chi connectivity index (χ3n) is 4.13. The first-order chi connectivity index (χ1) is 11.6. The number of hydrogen-bond donors (Lipinski definition) is 1. The summed E-state index contributed by atoms with van der Waals surface area (Å²) in [6.07, 6.45) is 0.746. The zero-order valence-corrected chi connectivity index (χ0v) is 14.0. The van der Waals surface area contributed by atoms with Gasteiger partial charge < -0.3 is 20.1 Å². The van der Waals surface area contributed by atoms with Crippen molar-refractivity contribution in [1.82, 2.24) is 0 Å². The number of nitrogens with zero attached hydrogens (tertiary/aromatic N) is 1. The highest BCUT2D eigenvalue weighted by Gasteiger charge is 2.34. The molecule has 0 aromatic heterocycles. The number of para-hydroxylation sites is 1. The molecule has 0 fully saturated rings. The molecule has 0 saturated carbocycles. The van der Waals surface area contributed by atoms with Gasteiger partial charge in [-0.25, -0.2) is 0 Å². The molecule has 1 unspecified atom stereocenters. The molecule has 1 aliphatic rings. The Bertz CT molecular complexity index is 745. The number of ether oxygens (including phenoxy) is 2. The molecular formula is C19H22N2O3. The molecule has 5 heteroatoms. The third kappa shape index (κ3) is 3.02. The van der Waals surface area contributed by atoms with Gasteiger partial charge in [0.1, 0.15) is 11.5 Å². The van der Waals surface area contributed by atoms with Crippen LogP contribution in [0.4, 0.5) is 11.4 Å². The summed E-state index contributed by atoms with van der Waals surface area (Å²) in [7, 11) is 1.63. The Morgan fingerprint density at radius 3 is 2.79 bits per heavy atom. The van der Waals surface area contributed by atoms with Crippen molar-refractivity contribution in [2.24, 2.45) is 0 Å². The van der Waals surface area contributed by atoms with Gasteiger partial charge in [0.05, 0.1) is 12.8 Å². The van der Waals surface area contributed by atoms with Crippen LogP contribution in [0.2, 0.25) is 0 Å². The molecule has 2 N–H and O–H groups in total. The Hall–Kier alpha value is -2.69. The Morgan fingerprint density at radius 1 is 1.25 bits per heavy atom. The molecule has 5 nitrogen and oxygen atoms in total. The Labute approximate surface area is 142 Å². The molecule has 0 spiro atoms. The molecule has 0 radical (unpaired) electrons. The van der Waals surface area contributed by atoms with Gasteiger partial charge >= 0.3 is 0 Å². The maximum Gasteiger partial charge on any atom is 0.268 e. The summed E-state index contributed by atoms with van der Waals surface area (Å²) in [6.45, 7) is 2.70. The predicted octanol–water partition coefficient (Wildman–Crippen LogP) is 3.02. The summed E-state index contributed by atoms with van der Waals surface area (Å²) in [5.41, 5.74) is 8.23. The summed E-state index contributed by atoms with van der Waals surface area (Å²) in [4.78, 5) is 14.7. The minimum absolute atomic E-state index is 0.0278. The second kappa shape index (κ2) is 6.83. The van der Waals surface area contributed by atoms with Crippen LogP contribution in [-0.4, -0.2) is 25.7 Å². The fourth-order valence-electron chi connectivity index (χ4n) is 3.00. The number of carbonyl (C=O) groups is 1. The van der Waals surface area contributed by atoms with Crippen molar-refractivity contribution in [3.8, 4) is 11.5 Å². The summed E-state index contributed by atoms with van der Waals surface area (Å²) in [5.74, 6) is 1.39. The van der Waals surface area contributed by atoms with Crippen molar-refractivity contribution in [1.29, 1.82) is 0 Å². The van der Waals surface area contributed by atoms with Gasteiger partial charge in [0.2, 0.25) is 0 Å². The lowest BCUT2D eigenvalue weighted by molar-refractivity contribution is -0.126. The van der Waals surface area contributed by atoms with Crippen molar-refractivity contribution in [2.45, 2.75) is 25.9 Å². The molecule has 0 saturated heterocycles. The second-order valence-electron chi connectivity index (χ2n) is 5.84. The summed E-state index contributed by atoms with van der Waals surface area (Å²) in [6, 6.07) is 13.1. The topological polar surface area (TPSA) is 64.8 Å². The molecular weight excluding hydrogens is 304 g/mol. The van der Waals surface area contributed by atoms with Crippen molar-refractivity contribution < 1.29 is 14.3 Å². The van der Waals surface area contributed by atoms with Crippen LogP contribution in [-0.2, 0) is 11.2 Å². The zero-order chi connectivity index (χ0) is 17.1. The highest BCUT2D eigenvalue weighted by Crippen LogP contribution is 2.37. The maximum atomic E-state index is 12.9. The van der Waals surface area contributed by atoms with Crippen LogP contribution < -0.4 is 20.1 Å². The highest BCUT2D eigenvalue weighted by molar-refractivity contribution is 6.00. The van der Waals surface area contributed by atoms with Gasteiger partial charge in [-0.05, 0) is 30.2 Å². The van der Waals surface area contributed by atoms with E-state index in [2.05, 4.69) is 6.92 Å². The number of carbonyl (C=O) groups excluding carboxylic acids is 1. The van der Waals surface area contributed by atoms with E-state index < -0.39 is 6.10 Å². The first-order valence-electron chi connectivity index (χ1n) is 8.13. The van der Waals surface area contributed by atoms with Gasteiger partial charge in [0.15, 0.2) is 6.10 Å². The summed E-state index contributed by atoms with van der Waals surface area (Å²) >= 11 is 0. The van der Waals surface area contributed by atoms with Gasteiger partial charge in [0.25, 0.3) is 5.91 Å². The molecule has 1 atom stereocenters. The number of anilines is 2. The van der Waals surface area contributed by atoms with Crippen LogP contribution in [0, 0.1) is 0 Å². The average molecular weight is 326 g/mol. The van der Waals surface area contributed by atoms with Gasteiger partial charge in [-0.3, -0.25) is 4.79 Å². The molecule has 0 aliphatic carbocycles. The van der Waals surface area contributed by atoms with Crippen LogP contribution in [0.15, 0.2) is 42.5 Å². The van der Waals surface area contributed by atoms with Crippen LogP contribution in [0.3, 0.4) is 0 Å². The van der Waals surface area contributed by atoms with Crippen molar-refractivity contribution in [3.63, 3.8) is 0 Å². The molecule has 2 aromatic carbocycles. The average Bonchev–Trinajstić information content (AvgIpc) is 2.59. The molecule has 0 bridgehead atoms. The first kappa shape index (κ1) is 16.2. The van der Waals surface area contributed by atoms with Gasteiger partial charge in [0, 0.05) is 24.7 Å². The van der Waals surface area contributed by atoms with E-state index in [0.29, 0.717) is 24.4 Å². The minimum Gasteiger partial charge on any atom is -0.496 e. The molecule has 1 heterocycles. The van der Waals surface area contributed by atoms with Crippen molar-refractivity contribution >= 4 is 17.3 Å². The molecule has 1 amide bonds. The smallest absolute Gasteiger partial charge is 0.268 e. The number of nitrogen functional groups attached to an aromatic ring is 1. The van der Waals surface area contributed by atoms with Crippen LogP contribution in [0.25, 0.3) is 0 Å². The molecule has 2 aromatic rings. The lowest BCUT2D eigenvalue weighted by Gasteiger charge is -2.34. The number of amides is 1. The van der Waals surface area contributed by atoms with Crippen molar-refractivity contribution in [3.05, 3.63) is 48.0 Å². The van der Waals surface area contributed by atoms with E-state index in [4.69, 9.17) is 15.2 Å². The van der Waals surface area contributed by atoms with Gasteiger partial charge in [-0.2, -0.15) is 0 Å². The standard InChI is InChI=1S/C19H22N2O3/c1-3-10-21-15-9-8-14(20)12-17(15)24-18(19(21)22)11-13-6-4-5-7-16(13)23-2/h4-9,12,18H,3,10-11,20H2,1-2H3. The van der Waals surface area contributed by atoms with E-state index in [1.165, 1.54) is 0 Å². The predicted molar refractivity (Wildman–Crippen MR) is 94.6 cm³/mol. The fourth-order valence-corrected chi connectivity index (χ4v) is 3.00. The first-order valence-corrected chi connectivity index (χ1v) is 8.13. The quantitative estimate of drug-likeness (QED) is 0.858. The molecule has 1 aliphatic heterocycles. The number of hydrogen-bond acceptors (Lipinski definition) is 4. The van der Waals surface area contributed by atoms with Gasteiger partial charge in [-0.1, -0.05) is 25.1 Å². The van der Waals surface area contributed by atoms with Crippen LogP contribution >= 0.6 is 0 Å². The summed E-state index contributed by atoms with van der Waals surface area (Å²) < 4.78 is 11.4. The SMILES string of the molecule is CCCN1C(=O)C(Cc2ccccc2OC)Oc2cc(N)ccc21. The summed E-state index contributed by atoms with van der Waals surface area (Å²) in [5, 5.41) is 0. The maximum absolute atomic E-state index is 12.9. The van der Waals surface area contributed by atoms with E-state index in [1.54, 1.807) is 24.1 Å². The number of nitrogens with two attached hydrogens (primary N) is 1. The Morgan fingerprint density at radius 2 is 2.04 bits per heavy atom. The monoisotopic (exact) mass is 326 g/mol. The molecule has 126 valence electrons. The van der Waals surface area contributed by atoms with E-state index in [9.17, 15) is 4.79 Å². The molecule has 24 heavy (non-hydrogen) atoms. The van der Waals surface area contributed by atoms with Gasteiger partial charge in [-0.15, -0.1) is 0 Å². The number of rotatable bonds is 5. The fraction of sp³-hybridized carbons (Fsp3) is 0.316. The second-order valence-corrected chi connectivity index (χ2v) is 5.84. The van der Waals surface area contributed by atoms with E-state index in [1.807, 2.05) is 30.3 Å². The van der Waals surface area contributed by atoms with E-state index >= 15 is 0 Å². The lowest BCUT2D eigenvalue weighted by Crippen LogP contribution is -2.47. The van der Waals surface area contributed by atoms with E-state index in [-0.39, 0.29) is 5.91 Å². The molecule has 3 rings (SSSR count).